The van der Waals surface area contributed by atoms with Gasteiger partial charge in [-0.3, -0.25) is 23.4 Å². The smallest absolute Gasteiger partial charge is 0.466 e. The Labute approximate surface area is 388 Å². The molecular formula is C52H89NO10P+. The molecule has 0 saturated heterocycles. The molecule has 1 rings (SSSR count). The Kier molecular flexibility index (Phi) is 34.1. The molecule has 0 radical (unpaired) electrons. The van der Waals surface area contributed by atoms with Crippen LogP contribution in [0, 0.1) is 13.8 Å². The Morgan fingerprint density at radius 3 is 1.80 bits per heavy atom. The topological polar surface area (TPSA) is 139 Å². The van der Waals surface area contributed by atoms with E-state index in [0.29, 0.717) is 36.7 Å². The quantitative estimate of drug-likeness (QED) is 0.0128. The molecule has 1 aromatic heterocycles. The van der Waals surface area contributed by atoms with Crippen molar-refractivity contribution in [3.8, 4) is 0 Å². The van der Waals surface area contributed by atoms with Gasteiger partial charge in [0.2, 0.25) is 0 Å². The Balaban J connectivity index is 2.35. The van der Waals surface area contributed by atoms with E-state index in [-0.39, 0.29) is 31.8 Å². The minimum absolute atomic E-state index is 0.00378. The zero-order chi connectivity index (χ0) is 47.3. The number of phosphoric acid groups is 1. The lowest BCUT2D eigenvalue weighted by Crippen LogP contribution is -2.37. The van der Waals surface area contributed by atoms with Crippen LogP contribution in [0.3, 0.4) is 0 Å². The number of carbonyl (C=O) groups is 3. The van der Waals surface area contributed by atoms with Crippen molar-refractivity contribution in [1.29, 1.82) is 0 Å². The summed E-state index contributed by atoms with van der Waals surface area (Å²) < 4.78 is 40.6. The summed E-state index contributed by atoms with van der Waals surface area (Å²) in [6.07, 6.45) is 38.2. The fraction of sp³-hybridized carbons (Fsp3) is 0.712. The normalized spacial score (nSPS) is 13.8. The molecule has 11 nitrogen and oxygen atoms in total. The van der Waals surface area contributed by atoms with Crippen molar-refractivity contribution in [2.75, 3.05) is 47.5 Å². The van der Waals surface area contributed by atoms with E-state index >= 15 is 0 Å². The molecule has 0 saturated carbocycles. The number of unbranched alkanes of at least 4 members (excludes halogenated alkanes) is 14. The molecule has 0 amide bonds. The van der Waals surface area contributed by atoms with E-state index in [1.165, 1.54) is 80.4 Å². The van der Waals surface area contributed by atoms with Crippen LogP contribution in [-0.4, -0.2) is 80.7 Å². The highest BCUT2D eigenvalue weighted by Crippen LogP contribution is 2.43. The molecule has 1 heterocycles. The zero-order valence-electron chi connectivity index (χ0n) is 41.2. The molecule has 12 heteroatoms. The van der Waals surface area contributed by atoms with Gasteiger partial charge in [-0.25, -0.2) is 4.57 Å². The molecule has 1 unspecified atom stereocenters. The lowest BCUT2D eigenvalue weighted by Gasteiger charge is -2.24. The van der Waals surface area contributed by atoms with Crippen LogP contribution in [0.15, 0.2) is 53.0 Å². The highest BCUT2D eigenvalue weighted by Gasteiger charge is 2.27. The fourth-order valence-electron chi connectivity index (χ4n) is 6.85. The number of nitrogens with zero attached hydrogens (tertiary/aromatic N) is 1. The number of quaternary nitrogens is 1. The average Bonchev–Trinajstić information content (AvgIpc) is 3.51. The van der Waals surface area contributed by atoms with Gasteiger partial charge in [0, 0.05) is 32.1 Å². The Morgan fingerprint density at radius 1 is 0.641 bits per heavy atom. The standard InChI is InChI=1S/C52H88NO10P/c1-8-10-29-35-47(54)36-31-25-21-17-13-12-14-20-24-28-34-40-52(56)62-48(44-61-64(57,58)60-42-41-53(5,6)7)43-59-51(55)39-33-27-23-19-16-15-18-22-26-32-38-50-46(4)45(3)49(63-50)37-30-11-9-2/h12-13,20-21,24-25,31,36,48H,8-11,14-19,22-23,26-30,32-35,37-44H2,1-7H3/p+1/b13-12-,24-20-,25-21-,36-31+/t48-/m1/s1. The summed E-state index contributed by atoms with van der Waals surface area (Å²) in [5.74, 6) is 1.62. The number of rotatable bonds is 41. The van der Waals surface area contributed by atoms with E-state index in [9.17, 15) is 23.8 Å². The van der Waals surface area contributed by atoms with Crippen molar-refractivity contribution < 1.29 is 51.3 Å². The van der Waals surface area contributed by atoms with Gasteiger partial charge < -0.3 is 23.3 Å². The molecular weight excluding hydrogens is 830 g/mol. The number of allylic oxidation sites excluding steroid dienone is 8. The van der Waals surface area contributed by atoms with Crippen LogP contribution < -0.4 is 0 Å². The highest BCUT2D eigenvalue weighted by molar-refractivity contribution is 7.47. The molecule has 1 N–H and O–H groups in total. The number of hydrogen-bond acceptors (Lipinski definition) is 9. The van der Waals surface area contributed by atoms with Crippen LogP contribution >= 0.6 is 7.82 Å². The summed E-state index contributed by atoms with van der Waals surface area (Å²) in [7, 11) is 1.38. The molecule has 0 spiro atoms. The Hall–Kier alpha value is -3.08. The molecule has 0 aliphatic rings. The van der Waals surface area contributed by atoms with Gasteiger partial charge in [0.25, 0.3) is 0 Å². The van der Waals surface area contributed by atoms with Crippen molar-refractivity contribution in [2.24, 2.45) is 0 Å². The van der Waals surface area contributed by atoms with E-state index in [4.69, 9.17) is 22.9 Å². The maximum Gasteiger partial charge on any atom is 0.472 e. The second-order valence-electron chi connectivity index (χ2n) is 18.1. The number of likely N-dealkylation sites (N-methyl/N-ethyl adjacent to an activating group) is 1. The summed E-state index contributed by atoms with van der Waals surface area (Å²) in [6, 6.07) is 0. The van der Waals surface area contributed by atoms with Crippen LogP contribution in [0.1, 0.15) is 184 Å². The molecule has 0 aliphatic heterocycles. The van der Waals surface area contributed by atoms with E-state index in [2.05, 4.69) is 39.8 Å². The SMILES string of the molecule is CCCCCC(=O)/C=C/C=C\C/C=C\C/C=C\CCCC(=O)O[C@H](COC(=O)CCCCCCCCCCCCc1oc(CCCCC)c(C)c1C)COP(=O)(O)OCC[N+](C)(C)C. The van der Waals surface area contributed by atoms with E-state index in [0.717, 1.165) is 64.2 Å². The van der Waals surface area contributed by atoms with E-state index < -0.39 is 32.5 Å². The maximum absolute atomic E-state index is 12.7. The average molecular weight is 919 g/mol. The summed E-state index contributed by atoms with van der Waals surface area (Å²) in [5, 5.41) is 0. The lowest BCUT2D eigenvalue weighted by molar-refractivity contribution is -0.870. The van der Waals surface area contributed by atoms with E-state index in [1.807, 2.05) is 45.4 Å². The van der Waals surface area contributed by atoms with Crippen molar-refractivity contribution in [3.05, 3.63) is 71.3 Å². The molecule has 64 heavy (non-hydrogen) atoms. The number of aryl methyl sites for hydroxylation is 2. The van der Waals surface area contributed by atoms with Crippen molar-refractivity contribution in [3.63, 3.8) is 0 Å². The lowest BCUT2D eigenvalue weighted by atomic mass is 10.0. The first-order chi connectivity index (χ1) is 30.7. The summed E-state index contributed by atoms with van der Waals surface area (Å²) in [5.41, 5.74) is 2.68. The van der Waals surface area contributed by atoms with Crippen molar-refractivity contribution in [1.82, 2.24) is 0 Å². The van der Waals surface area contributed by atoms with Gasteiger partial charge in [-0.15, -0.1) is 0 Å². The predicted octanol–water partition coefficient (Wildman–Crippen LogP) is 13.1. The van der Waals surface area contributed by atoms with Crippen LogP contribution in [0.2, 0.25) is 0 Å². The fourth-order valence-corrected chi connectivity index (χ4v) is 7.59. The van der Waals surface area contributed by atoms with Crippen LogP contribution in [0.4, 0.5) is 0 Å². The largest absolute Gasteiger partial charge is 0.472 e. The van der Waals surface area contributed by atoms with Gasteiger partial charge in [0.1, 0.15) is 31.3 Å². The molecule has 1 aromatic rings. The van der Waals surface area contributed by atoms with Gasteiger partial charge in [-0.2, -0.15) is 0 Å². The number of furan rings is 1. The van der Waals surface area contributed by atoms with Crippen molar-refractivity contribution in [2.45, 2.75) is 194 Å². The first-order valence-electron chi connectivity index (χ1n) is 24.7. The second-order valence-corrected chi connectivity index (χ2v) is 19.6. The minimum Gasteiger partial charge on any atom is -0.466 e. The predicted molar refractivity (Wildman–Crippen MR) is 260 cm³/mol. The molecule has 0 aliphatic carbocycles. The third-order valence-corrected chi connectivity index (χ3v) is 12.0. The zero-order valence-corrected chi connectivity index (χ0v) is 42.1. The molecule has 0 bridgehead atoms. The Morgan fingerprint density at radius 2 is 1.17 bits per heavy atom. The van der Waals surface area contributed by atoms with E-state index in [1.54, 1.807) is 12.2 Å². The van der Waals surface area contributed by atoms with Gasteiger partial charge in [0.15, 0.2) is 11.9 Å². The number of phosphoric ester groups is 1. The summed E-state index contributed by atoms with van der Waals surface area (Å²) in [4.78, 5) is 47.3. The molecule has 366 valence electrons. The highest BCUT2D eigenvalue weighted by atomic mass is 31.2. The Bertz CT molecular complexity index is 1570. The van der Waals surface area contributed by atoms with Gasteiger partial charge >= 0.3 is 19.8 Å². The summed E-state index contributed by atoms with van der Waals surface area (Å²) >= 11 is 0. The first kappa shape index (κ1) is 58.9. The second kappa shape index (κ2) is 37.1. The minimum atomic E-state index is -4.42. The number of esters is 2. The summed E-state index contributed by atoms with van der Waals surface area (Å²) in [6.45, 7) is 8.52. The monoisotopic (exact) mass is 919 g/mol. The molecule has 0 aromatic carbocycles. The molecule has 0 fully saturated rings. The van der Waals surface area contributed by atoms with Crippen LogP contribution in [0.5, 0.6) is 0 Å². The maximum atomic E-state index is 12.7. The third kappa shape index (κ3) is 33.4. The first-order valence-corrected chi connectivity index (χ1v) is 26.2. The third-order valence-electron chi connectivity index (χ3n) is 11.0. The number of ketones is 1. The van der Waals surface area contributed by atoms with Gasteiger partial charge in [-0.1, -0.05) is 133 Å². The van der Waals surface area contributed by atoms with Gasteiger partial charge in [-0.05, 0) is 82.4 Å². The van der Waals surface area contributed by atoms with Crippen molar-refractivity contribution >= 4 is 25.5 Å². The van der Waals surface area contributed by atoms with Crippen LogP contribution in [-0.2, 0) is 50.3 Å². The number of carbonyl (C=O) groups excluding carboxylic acids is 3. The molecule has 2 atom stereocenters. The number of ether oxygens (including phenoxy) is 2. The number of hydrogen-bond donors (Lipinski definition) is 1. The van der Waals surface area contributed by atoms with Gasteiger partial charge in [0.05, 0.1) is 27.7 Å². The van der Waals surface area contributed by atoms with Crippen LogP contribution in [0.25, 0.3) is 0 Å².